The number of Topliss-reactive ketones (excluding diaryl/α,β-unsaturated/α-hetero) is 1. The van der Waals surface area contributed by atoms with Crippen molar-refractivity contribution in [2.24, 2.45) is 50.9 Å². The molecule has 9 atom stereocenters. The molecule has 7 heterocycles. The van der Waals surface area contributed by atoms with Gasteiger partial charge in [-0.2, -0.15) is 0 Å². The zero-order chi connectivity index (χ0) is 55.2. The zero-order valence-electron chi connectivity index (χ0n) is 47.1. The average Bonchev–Trinajstić information content (AvgIpc) is 3.89. The van der Waals surface area contributed by atoms with Crippen LogP contribution in [-0.2, 0) is 19.0 Å². The van der Waals surface area contributed by atoms with E-state index in [1.54, 1.807) is 50.0 Å². The topological polar surface area (TPSA) is 216 Å². The summed E-state index contributed by atoms with van der Waals surface area (Å²) in [6, 6.07) is 0. The number of methoxy groups -OCH3 is 1. The highest BCUT2D eigenvalue weighted by atomic mass is 16.7. The van der Waals surface area contributed by atoms with Crippen LogP contribution in [-0.4, -0.2) is 148 Å². The molecular weight excluding hydrogens is 969 g/mol. The third kappa shape index (κ3) is 11.3. The quantitative estimate of drug-likeness (QED) is 0.170. The molecule has 76 heavy (non-hydrogen) atoms. The Hall–Kier alpha value is -5.07. The number of hydrogen-bond donors (Lipinski definition) is 5. The predicted octanol–water partition coefficient (Wildman–Crippen LogP) is 7.55. The second kappa shape index (κ2) is 22.7. The summed E-state index contributed by atoms with van der Waals surface area (Å²) in [6.45, 7) is 27.5. The lowest BCUT2D eigenvalue weighted by molar-refractivity contribution is -0.112. The van der Waals surface area contributed by atoms with Crippen LogP contribution in [0.25, 0.3) is 10.8 Å². The fourth-order valence-corrected chi connectivity index (χ4v) is 12.6. The molecule has 3 saturated heterocycles. The summed E-state index contributed by atoms with van der Waals surface area (Å²) in [4.78, 5) is 60.6. The van der Waals surface area contributed by atoms with E-state index in [-0.39, 0.29) is 60.8 Å². The molecule has 0 aromatic heterocycles. The number of amides is 2. The number of hydrogen-bond acceptors (Lipinski definition) is 15. The monoisotopic (exact) mass is 1050 g/mol. The van der Waals surface area contributed by atoms with Crippen LogP contribution in [0.3, 0.4) is 0 Å². The van der Waals surface area contributed by atoms with Crippen molar-refractivity contribution in [2.75, 3.05) is 64.8 Å². The Bertz CT molecular complexity index is 2730. The molecular formula is C59H86N6O11. The second-order valence-electron chi connectivity index (χ2n) is 24.2. The van der Waals surface area contributed by atoms with E-state index in [9.17, 15) is 30.0 Å². The predicted molar refractivity (Wildman–Crippen MR) is 291 cm³/mol. The van der Waals surface area contributed by atoms with Gasteiger partial charge < -0.3 is 59.4 Å². The van der Waals surface area contributed by atoms with Crippen LogP contribution in [0.2, 0.25) is 0 Å². The van der Waals surface area contributed by atoms with Crippen LogP contribution in [0.4, 0.5) is 10.5 Å². The average molecular weight is 1060 g/mol. The lowest BCUT2D eigenvalue weighted by atomic mass is 9.71. The van der Waals surface area contributed by atoms with E-state index >= 15 is 4.79 Å². The fraction of sp³-hybridized carbons (Fsp3) is 0.678. The maximum atomic E-state index is 15.0. The van der Waals surface area contributed by atoms with E-state index in [1.165, 1.54) is 26.7 Å². The molecule has 0 radical (unpaired) electrons. The number of fused-ring (bicyclic) bond motifs is 13. The van der Waals surface area contributed by atoms with E-state index in [4.69, 9.17) is 28.9 Å². The number of benzene rings is 2. The first-order chi connectivity index (χ1) is 35.9. The molecule has 7 aliphatic rings. The van der Waals surface area contributed by atoms with E-state index in [1.807, 2.05) is 20.8 Å². The molecule has 0 unspecified atom stereocenters. The maximum Gasteiger partial charge on any atom is 0.410 e. The molecule has 418 valence electrons. The maximum absolute atomic E-state index is 15.0. The Balaban J connectivity index is 1.14. The molecule has 17 heteroatoms. The third-order valence-corrected chi connectivity index (χ3v) is 17.8. The molecule has 9 rings (SSSR count). The molecule has 3 fully saturated rings. The van der Waals surface area contributed by atoms with Gasteiger partial charge in [-0.15, -0.1) is 0 Å². The highest BCUT2D eigenvalue weighted by Crippen LogP contribution is 2.50. The number of likely N-dealkylation sites (tertiary alicyclic amines) is 3. The van der Waals surface area contributed by atoms with Gasteiger partial charge in [0.2, 0.25) is 0 Å². The molecule has 17 nitrogen and oxygen atoms in total. The minimum atomic E-state index is -1.98. The SMILES string of the molecule is CO[C@H]1/C=C/O[C@@]2(C)Oc3c(C)c(O)c4c(O)c(c5c(c4c3C2=O)=NC2(CCN(CC(C)C)CC2)N=5)NC(=O)/C(C)=C\C=C\[C@H](C)[C@H](O)[C@@H](C)[C@@H](O)[C@@H](C)[C@H](OC(=O)N2CCC3(CCN(CCC(C)C)CC3)CC2)[C@@H]1C. The summed E-state index contributed by atoms with van der Waals surface area (Å²) in [5, 5.41) is 51.5. The van der Waals surface area contributed by atoms with Crippen molar-refractivity contribution in [3.8, 4) is 17.2 Å². The van der Waals surface area contributed by atoms with Crippen molar-refractivity contribution in [1.82, 2.24) is 14.7 Å². The van der Waals surface area contributed by atoms with E-state index in [0.29, 0.717) is 50.9 Å². The summed E-state index contributed by atoms with van der Waals surface area (Å²) in [5.74, 6) is -5.32. The molecule has 0 aliphatic carbocycles. The molecule has 2 aromatic rings. The molecule has 2 amide bonds. The number of aliphatic hydroxyl groups is 2. The molecule has 5 N–H and O–H groups in total. The van der Waals surface area contributed by atoms with Crippen LogP contribution in [0.1, 0.15) is 130 Å². The van der Waals surface area contributed by atoms with Crippen molar-refractivity contribution >= 4 is 34.2 Å². The van der Waals surface area contributed by atoms with Crippen molar-refractivity contribution in [3.63, 3.8) is 0 Å². The number of nitrogens with zero attached hydrogens (tertiary/aromatic N) is 5. The highest BCUT2D eigenvalue weighted by molar-refractivity contribution is 6.19. The normalized spacial score (nSPS) is 31.9. The fourth-order valence-electron chi connectivity index (χ4n) is 12.6. The summed E-state index contributed by atoms with van der Waals surface area (Å²) in [6.07, 6.45) is 9.80. The first-order valence-corrected chi connectivity index (χ1v) is 28.0. The smallest absolute Gasteiger partial charge is 0.410 e. The second-order valence-corrected chi connectivity index (χ2v) is 24.2. The summed E-state index contributed by atoms with van der Waals surface area (Å²) >= 11 is 0. The van der Waals surface area contributed by atoms with Gasteiger partial charge in [-0.25, -0.2) is 4.79 Å². The number of rotatable bonds is 7. The number of ketones is 1. The van der Waals surface area contributed by atoms with Crippen molar-refractivity contribution in [1.29, 1.82) is 0 Å². The van der Waals surface area contributed by atoms with Gasteiger partial charge >= 0.3 is 11.9 Å². The number of allylic oxidation sites excluding steroid dienone is 2. The Kier molecular flexibility index (Phi) is 17.1. The van der Waals surface area contributed by atoms with Crippen molar-refractivity contribution < 1.29 is 53.8 Å². The van der Waals surface area contributed by atoms with Crippen LogP contribution < -0.4 is 20.8 Å². The highest BCUT2D eigenvalue weighted by Gasteiger charge is 2.51. The summed E-state index contributed by atoms with van der Waals surface area (Å²) < 4.78 is 25.2. The third-order valence-electron chi connectivity index (χ3n) is 17.8. The van der Waals surface area contributed by atoms with Crippen molar-refractivity contribution in [2.45, 2.75) is 157 Å². The van der Waals surface area contributed by atoms with Crippen molar-refractivity contribution in [3.05, 3.63) is 58.0 Å². The van der Waals surface area contributed by atoms with Crippen LogP contribution in [0, 0.1) is 47.8 Å². The Morgan fingerprint density at radius 3 is 2.08 bits per heavy atom. The molecule has 0 saturated carbocycles. The Morgan fingerprint density at radius 1 is 0.816 bits per heavy atom. The van der Waals surface area contributed by atoms with Gasteiger partial charge in [0.05, 0.1) is 40.9 Å². The number of phenols is 2. The van der Waals surface area contributed by atoms with Gasteiger partial charge in [-0.3, -0.25) is 19.6 Å². The number of nitrogens with one attached hydrogen (secondary N) is 1. The largest absolute Gasteiger partial charge is 0.507 e. The minimum Gasteiger partial charge on any atom is -0.507 e. The van der Waals surface area contributed by atoms with Gasteiger partial charge in [0, 0.05) is 99.8 Å². The number of carbonyl (C=O) groups is 3. The number of carbonyl (C=O) groups excluding carboxylic acids is 3. The summed E-state index contributed by atoms with van der Waals surface area (Å²) in [7, 11) is 1.52. The van der Waals surface area contributed by atoms with Crippen LogP contribution >= 0.6 is 0 Å². The van der Waals surface area contributed by atoms with Gasteiger partial charge in [0.15, 0.2) is 11.4 Å². The van der Waals surface area contributed by atoms with Crippen LogP contribution in [0.15, 0.2) is 46.1 Å². The summed E-state index contributed by atoms with van der Waals surface area (Å²) in [5.41, 5.74) is -0.365. The van der Waals surface area contributed by atoms with E-state index < -0.39 is 83.1 Å². The van der Waals surface area contributed by atoms with E-state index in [0.717, 1.165) is 51.9 Å². The Labute approximate surface area is 449 Å². The number of aromatic hydroxyl groups is 2. The number of anilines is 1. The number of phenolic OH excluding ortho intramolecular Hbond substituents is 2. The van der Waals surface area contributed by atoms with Gasteiger partial charge in [0.1, 0.15) is 28.6 Å². The molecule has 5 bridgehead atoms. The van der Waals surface area contributed by atoms with Crippen LogP contribution in [0.5, 0.6) is 17.2 Å². The first-order valence-electron chi connectivity index (χ1n) is 28.0. The number of piperidine rings is 3. The lowest BCUT2D eigenvalue weighted by Gasteiger charge is -2.47. The van der Waals surface area contributed by atoms with E-state index in [2.05, 4.69) is 42.8 Å². The molecule has 2 aromatic carbocycles. The van der Waals surface area contributed by atoms with Gasteiger partial charge in [-0.1, -0.05) is 73.6 Å². The first kappa shape index (κ1) is 57.1. The number of aliphatic hydroxyl groups excluding tert-OH is 2. The standard InChI is InChI=1S/C59H86N6O11/c1-33(2)16-24-63-25-18-58(19-26-63)20-29-65(30-21-58)56(72)75-52-37(7)41(73-12)17-31-74-57(11)54(70)44-42-43(50(68)40(10)53(44)76-57)51(69)47(46-45(42)61-59(62-46)22-27-64(28-23-59)32-34(3)4)60-55(71)36(6)15-13-14-35(5)48(66)38(8)49(67)39(52)9/h13-15,17,31,33-35,37-39,41,48-49,52,66-69H,16,18-30,32H2,1-12H3,(H,60,71)/b14-13+,31-17+,36-15-/t35-,37+,38+,39+,41-,48-,49+,52+,57-/m0/s1. The molecule has 7 aliphatic heterocycles. The zero-order valence-corrected chi connectivity index (χ0v) is 47.1. The molecule has 2 spiro atoms. The number of ether oxygens (including phenoxy) is 4. The minimum absolute atomic E-state index is 0.0437. The lowest BCUT2D eigenvalue weighted by Crippen LogP contribution is -2.51. The van der Waals surface area contributed by atoms with Gasteiger partial charge in [-0.05, 0) is 88.9 Å². The van der Waals surface area contributed by atoms with Gasteiger partial charge in [0.25, 0.3) is 11.7 Å². The Morgan fingerprint density at radius 2 is 1.45 bits per heavy atom.